The van der Waals surface area contributed by atoms with Crippen LogP contribution in [-0.4, -0.2) is 40.2 Å². The van der Waals surface area contributed by atoms with Gasteiger partial charge in [0.15, 0.2) is 5.58 Å². The number of fused-ring (bicyclic) bond motifs is 1. The molecule has 3 rings (SSSR count). The molecular formula is C16H15ClN2O5S. The van der Waals surface area contributed by atoms with Gasteiger partial charge in [0.05, 0.1) is 29.0 Å². The molecule has 0 bridgehead atoms. The molecule has 0 spiro atoms. The van der Waals surface area contributed by atoms with Gasteiger partial charge in [-0.3, -0.25) is 9.36 Å². The van der Waals surface area contributed by atoms with Gasteiger partial charge in [-0.25, -0.2) is 9.59 Å². The number of hydrogen-bond donors (Lipinski definition) is 0. The van der Waals surface area contributed by atoms with Gasteiger partial charge in [-0.1, -0.05) is 23.4 Å². The van der Waals surface area contributed by atoms with Crippen molar-refractivity contribution in [3.05, 3.63) is 44.9 Å². The number of amides is 1. The second-order valence-electron chi connectivity index (χ2n) is 5.20. The summed E-state index contributed by atoms with van der Waals surface area (Å²) in [4.78, 5) is 37.2. The Balaban J connectivity index is 1.80. The molecule has 0 N–H and O–H groups in total. The van der Waals surface area contributed by atoms with Crippen molar-refractivity contribution in [1.29, 1.82) is 0 Å². The number of oxazole rings is 1. The lowest BCUT2D eigenvalue weighted by molar-refractivity contribution is -0.137. The quantitative estimate of drug-likeness (QED) is 0.582. The van der Waals surface area contributed by atoms with Gasteiger partial charge in [-0.05, 0) is 19.1 Å². The summed E-state index contributed by atoms with van der Waals surface area (Å²) >= 11 is 7.16. The maximum Gasteiger partial charge on any atom is 0.420 e. The number of esters is 1. The third-order valence-electron chi connectivity index (χ3n) is 3.62. The van der Waals surface area contributed by atoms with E-state index in [4.69, 9.17) is 20.8 Å². The van der Waals surface area contributed by atoms with Gasteiger partial charge in [0.25, 0.3) is 0 Å². The van der Waals surface area contributed by atoms with Crippen LogP contribution in [0.15, 0.2) is 38.5 Å². The summed E-state index contributed by atoms with van der Waals surface area (Å²) in [5.41, 5.74) is 0.992. The van der Waals surface area contributed by atoms with E-state index in [1.807, 2.05) is 0 Å². The van der Waals surface area contributed by atoms with Crippen molar-refractivity contribution in [2.24, 2.45) is 0 Å². The average Bonchev–Trinajstić information content (AvgIpc) is 3.05. The van der Waals surface area contributed by atoms with Crippen LogP contribution in [0.3, 0.4) is 0 Å². The van der Waals surface area contributed by atoms with Crippen molar-refractivity contribution in [2.75, 3.05) is 18.9 Å². The van der Waals surface area contributed by atoms with E-state index in [1.165, 1.54) is 27.3 Å². The van der Waals surface area contributed by atoms with Gasteiger partial charge in [-0.2, -0.15) is 0 Å². The van der Waals surface area contributed by atoms with Gasteiger partial charge in [-0.15, -0.1) is 0 Å². The molecule has 0 saturated carbocycles. The van der Waals surface area contributed by atoms with Crippen molar-refractivity contribution >= 4 is 46.3 Å². The second kappa shape index (κ2) is 7.37. The zero-order valence-corrected chi connectivity index (χ0v) is 14.9. The molecule has 25 heavy (non-hydrogen) atoms. The zero-order chi connectivity index (χ0) is 18.0. The fraction of sp³-hybridized carbons (Fsp3) is 0.312. The summed E-state index contributed by atoms with van der Waals surface area (Å²) in [6.45, 7) is 2.46. The highest BCUT2D eigenvalue weighted by molar-refractivity contribution is 8.04. The van der Waals surface area contributed by atoms with Crippen LogP contribution < -0.4 is 5.76 Å². The SMILES string of the molecule is CCOC(=O)/C=C1\SCC(=O)N1CCn1c(=O)oc2cc(Cl)ccc21. The molecule has 0 aliphatic carbocycles. The van der Waals surface area contributed by atoms with Crippen molar-refractivity contribution in [1.82, 2.24) is 9.47 Å². The predicted molar refractivity (Wildman–Crippen MR) is 94.4 cm³/mol. The summed E-state index contributed by atoms with van der Waals surface area (Å²) in [6.07, 6.45) is 1.30. The van der Waals surface area contributed by atoms with Gasteiger partial charge in [0, 0.05) is 24.2 Å². The van der Waals surface area contributed by atoms with Crippen LogP contribution in [0.5, 0.6) is 0 Å². The number of ether oxygens (including phenoxy) is 1. The summed E-state index contributed by atoms with van der Waals surface area (Å²) in [5, 5.41) is 0.992. The van der Waals surface area contributed by atoms with Crippen LogP contribution in [-0.2, 0) is 20.9 Å². The Kier molecular flexibility index (Phi) is 5.19. The fourth-order valence-corrected chi connectivity index (χ4v) is 3.62. The monoisotopic (exact) mass is 382 g/mol. The fourth-order valence-electron chi connectivity index (χ4n) is 2.51. The Morgan fingerprint density at radius 3 is 2.96 bits per heavy atom. The van der Waals surface area contributed by atoms with Crippen LogP contribution in [0, 0.1) is 0 Å². The Labute approximate surface area is 152 Å². The van der Waals surface area contributed by atoms with Crippen molar-refractivity contribution in [2.45, 2.75) is 13.5 Å². The third kappa shape index (κ3) is 3.74. The first kappa shape index (κ1) is 17.6. The summed E-state index contributed by atoms with van der Waals surface area (Å²) < 4.78 is 11.5. The highest BCUT2D eigenvalue weighted by Gasteiger charge is 2.27. The van der Waals surface area contributed by atoms with E-state index in [0.717, 1.165) is 0 Å². The van der Waals surface area contributed by atoms with Gasteiger partial charge in [0.2, 0.25) is 5.91 Å². The number of carbonyl (C=O) groups is 2. The Morgan fingerprint density at radius 1 is 1.40 bits per heavy atom. The van der Waals surface area contributed by atoms with Gasteiger partial charge < -0.3 is 14.1 Å². The Bertz CT molecular complexity index is 917. The lowest BCUT2D eigenvalue weighted by Crippen LogP contribution is -2.30. The molecular weight excluding hydrogens is 368 g/mol. The molecule has 1 aromatic carbocycles. The van der Waals surface area contributed by atoms with E-state index in [-0.39, 0.29) is 31.4 Å². The van der Waals surface area contributed by atoms with Crippen LogP contribution in [0.4, 0.5) is 0 Å². The Morgan fingerprint density at radius 2 is 2.20 bits per heavy atom. The molecule has 1 amide bonds. The predicted octanol–water partition coefficient (Wildman–Crippen LogP) is 2.23. The van der Waals surface area contributed by atoms with Crippen LogP contribution in [0.1, 0.15) is 6.92 Å². The average molecular weight is 383 g/mol. The Hall–Kier alpha value is -2.19. The van der Waals surface area contributed by atoms with Crippen molar-refractivity contribution in [3.8, 4) is 0 Å². The number of halogens is 1. The molecule has 0 atom stereocenters. The molecule has 7 nitrogen and oxygen atoms in total. The standard InChI is InChI=1S/C16H15ClN2O5S/c1-2-23-15(21)8-14-19(13(20)9-25-14)6-5-18-11-4-3-10(17)7-12(11)24-16(18)22/h3-4,7-8H,2,5-6,9H2,1H3/b14-8-. The normalized spacial score (nSPS) is 16.2. The molecule has 0 unspecified atom stereocenters. The number of rotatable bonds is 5. The van der Waals surface area contributed by atoms with Crippen LogP contribution in [0.2, 0.25) is 5.02 Å². The number of benzene rings is 1. The third-order valence-corrected chi connectivity index (χ3v) is 4.88. The number of hydrogen-bond acceptors (Lipinski definition) is 6. The lowest BCUT2D eigenvalue weighted by atomic mass is 10.3. The topological polar surface area (TPSA) is 81.8 Å². The van der Waals surface area contributed by atoms with Crippen LogP contribution >= 0.6 is 23.4 Å². The van der Waals surface area contributed by atoms with E-state index in [9.17, 15) is 14.4 Å². The van der Waals surface area contributed by atoms with Gasteiger partial charge in [0.1, 0.15) is 0 Å². The maximum absolute atomic E-state index is 12.1. The molecule has 2 heterocycles. The first-order valence-corrected chi connectivity index (χ1v) is 8.96. The van der Waals surface area contributed by atoms with Crippen molar-refractivity contribution in [3.63, 3.8) is 0 Å². The second-order valence-corrected chi connectivity index (χ2v) is 6.63. The van der Waals surface area contributed by atoms with Crippen LogP contribution in [0.25, 0.3) is 11.1 Å². The molecule has 1 aliphatic heterocycles. The number of nitrogens with zero attached hydrogens (tertiary/aromatic N) is 2. The van der Waals surface area contributed by atoms with E-state index in [1.54, 1.807) is 25.1 Å². The molecule has 1 saturated heterocycles. The molecule has 132 valence electrons. The van der Waals surface area contributed by atoms with E-state index in [0.29, 0.717) is 21.2 Å². The first-order valence-electron chi connectivity index (χ1n) is 7.60. The molecule has 1 fully saturated rings. The van der Waals surface area contributed by atoms with E-state index >= 15 is 0 Å². The molecule has 2 aromatic rings. The lowest BCUT2D eigenvalue weighted by Gasteiger charge is -2.16. The van der Waals surface area contributed by atoms with E-state index in [2.05, 4.69) is 0 Å². The van der Waals surface area contributed by atoms with Gasteiger partial charge >= 0.3 is 11.7 Å². The number of carbonyl (C=O) groups excluding carboxylic acids is 2. The smallest absolute Gasteiger partial charge is 0.420 e. The van der Waals surface area contributed by atoms with E-state index < -0.39 is 11.7 Å². The molecule has 1 aromatic heterocycles. The highest BCUT2D eigenvalue weighted by atomic mass is 35.5. The minimum atomic E-state index is -0.521. The summed E-state index contributed by atoms with van der Waals surface area (Å²) in [6, 6.07) is 4.93. The highest BCUT2D eigenvalue weighted by Crippen LogP contribution is 2.29. The minimum Gasteiger partial charge on any atom is -0.463 e. The number of thioether (sulfide) groups is 1. The molecule has 1 aliphatic rings. The zero-order valence-electron chi connectivity index (χ0n) is 13.4. The molecule has 0 radical (unpaired) electrons. The minimum absolute atomic E-state index is 0.121. The number of aromatic nitrogens is 1. The first-order chi connectivity index (χ1) is 12.0. The molecule has 9 heteroatoms. The van der Waals surface area contributed by atoms with Crippen molar-refractivity contribution < 1.29 is 18.7 Å². The summed E-state index contributed by atoms with van der Waals surface area (Å²) in [7, 11) is 0. The summed E-state index contributed by atoms with van der Waals surface area (Å²) in [5.74, 6) is -0.885. The largest absolute Gasteiger partial charge is 0.463 e. The maximum atomic E-state index is 12.1.